The van der Waals surface area contributed by atoms with Gasteiger partial charge in [0.1, 0.15) is 5.75 Å². The Kier molecular flexibility index (Phi) is 5.82. The minimum atomic E-state index is 0.0615. The maximum atomic E-state index is 6.23. The molecule has 114 valence electrons. The lowest BCUT2D eigenvalue weighted by Crippen LogP contribution is -2.26. The lowest BCUT2D eigenvalue weighted by atomic mass is 10.1. The first-order chi connectivity index (χ1) is 10.1. The molecule has 0 amide bonds. The molecule has 1 heterocycles. The summed E-state index contributed by atoms with van der Waals surface area (Å²) in [5, 5.41) is 4.49. The van der Waals surface area contributed by atoms with Gasteiger partial charge in [0.2, 0.25) is 0 Å². The van der Waals surface area contributed by atoms with Crippen LogP contribution in [0.25, 0.3) is 0 Å². The molecule has 1 atom stereocenters. The largest absolute Gasteiger partial charge is 0.494 e. The van der Waals surface area contributed by atoms with Gasteiger partial charge >= 0.3 is 0 Å². The van der Waals surface area contributed by atoms with E-state index in [1.54, 1.807) is 0 Å². The van der Waals surface area contributed by atoms with Crippen molar-refractivity contribution in [3.63, 3.8) is 0 Å². The maximum Gasteiger partial charge on any atom is 0.119 e. The minimum absolute atomic E-state index is 0.0615. The van der Waals surface area contributed by atoms with E-state index in [-0.39, 0.29) is 6.04 Å². The number of nitrogens with zero attached hydrogens (tertiary/aromatic N) is 2. The summed E-state index contributed by atoms with van der Waals surface area (Å²) in [6.07, 6.45) is 1.61. The van der Waals surface area contributed by atoms with Crippen LogP contribution in [0.4, 0.5) is 0 Å². The van der Waals surface area contributed by atoms with E-state index < -0.39 is 0 Å². The highest BCUT2D eigenvalue weighted by atomic mass is 79.9. The maximum absolute atomic E-state index is 6.23. The molecule has 0 spiro atoms. The van der Waals surface area contributed by atoms with Crippen LogP contribution < -0.4 is 10.5 Å². The van der Waals surface area contributed by atoms with Gasteiger partial charge in [-0.1, -0.05) is 18.2 Å². The normalized spacial score (nSPS) is 12.4. The van der Waals surface area contributed by atoms with E-state index in [2.05, 4.69) is 28.0 Å². The van der Waals surface area contributed by atoms with Crippen molar-refractivity contribution in [1.82, 2.24) is 9.78 Å². The first kappa shape index (κ1) is 16.0. The fourth-order valence-corrected chi connectivity index (χ4v) is 2.71. The summed E-state index contributed by atoms with van der Waals surface area (Å²) >= 11 is 3.61. The zero-order chi connectivity index (χ0) is 15.2. The zero-order valence-electron chi connectivity index (χ0n) is 12.6. The Labute approximate surface area is 134 Å². The fourth-order valence-electron chi connectivity index (χ4n) is 2.26. The van der Waals surface area contributed by atoms with E-state index in [9.17, 15) is 0 Å². The number of benzene rings is 1. The number of halogens is 1. The number of ether oxygens (including phenoxy) is 1. The third-order valence-corrected chi connectivity index (χ3v) is 4.44. The molecule has 5 heteroatoms. The van der Waals surface area contributed by atoms with Gasteiger partial charge in [-0.05, 0) is 48.3 Å². The van der Waals surface area contributed by atoms with E-state index in [0.29, 0.717) is 6.61 Å². The smallest absolute Gasteiger partial charge is 0.119 e. The lowest BCUT2D eigenvalue weighted by Gasteiger charge is -2.14. The highest BCUT2D eigenvalue weighted by Crippen LogP contribution is 2.22. The van der Waals surface area contributed by atoms with Gasteiger partial charge in [0.05, 0.1) is 22.5 Å². The second-order valence-electron chi connectivity index (χ2n) is 5.08. The van der Waals surface area contributed by atoms with E-state index in [1.165, 1.54) is 5.69 Å². The van der Waals surface area contributed by atoms with Crippen molar-refractivity contribution in [2.24, 2.45) is 5.73 Å². The Hall–Kier alpha value is -1.33. The predicted octanol–water partition coefficient (Wildman–Crippen LogP) is 3.31. The molecule has 21 heavy (non-hydrogen) atoms. The number of para-hydroxylation sites is 1. The van der Waals surface area contributed by atoms with Crippen LogP contribution in [0, 0.1) is 6.92 Å². The first-order valence-electron chi connectivity index (χ1n) is 7.27. The molecule has 0 saturated carbocycles. The van der Waals surface area contributed by atoms with Gasteiger partial charge in [-0.2, -0.15) is 5.10 Å². The van der Waals surface area contributed by atoms with Crippen LogP contribution in [0.3, 0.4) is 0 Å². The molecule has 0 aliphatic rings. The van der Waals surface area contributed by atoms with Crippen LogP contribution >= 0.6 is 15.9 Å². The average Bonchev–Trinajstić information content (AvgIpc) is 2.76. The van der Waals surface area contributed by atoms with Crippen molar-refractivity contribution in [3.05, 3.63) is 46.2 Å². The molecule has 1 aromatic heterocycles. The Morgan fingerprint density at radius 2 is 2.05 bits per heavy atom. The van der Waals surface area contributed by atoms with Crippen molar-refractivity contribution in [1.29, 1.82) is 0 Å². The Morgan fingerprint density at radius 3 is 2.71 bits per heavy atom. The summed E-state index contributed by atoms with van der Waals surface area (Å²) in [6, 6.07) is 9.88. The summed E-state index contributed by atoms with van der Waals surface area (Å²) in [5.74, 6) is 0.889. The molecule has 1 unspecified atom stereocenters. The monoisotopic (exact) mass is 351 g/mol. The van der Waals surface area contributed by atoms with Gasteiger partial charge in [-0.15, -0.1) is 0 Å². The Bertz CT molecular complexity index is 568. The Morgan fingerprint density at radius 1 is 1.33 bits per heavy atom. The van der Waals surface area contributed by atoms with E-state index in [0.717, 1.165) is 35.3 Å². The zero-order valence-corrected chi connectivity index (χ0v) is 14.1. The molecular weight excluding hydrogens is 330 g/mol. The Balaban J connectivity index is 1.86. The molecule has 0 radical (unpaired) electrons. The average molecular weight is 352 g/mol. The van der Waals surface area contributed by atoms with Crippen molar-refractivity contribution in [2.75, 3.05) is 6.61 Å². The van der Waals surface area contributed by atoms with Gasteiger partial charge in [0, 0.05) is 19.0 Å². The van der Waals surface area contributed by atoms with E-state index >= 15 is 0 Å². The molecule has 0 aliphatic carbocycles. The van der Waals surface area contributed by atoms with Crippen LogP contribution in [0.1, 0.15) is 24.7 Å². The number of hydrogen-bond acceptors (Lipinski definition) is 3. The van der Waals surface area contributed by atoms with E-state index in [1.807, 2.05) is 41.9 Å². The summed E-state index contributed by atoms with van der Waals surface area (Å²) in [4.78, 5) is 0. The number of aromatic nitrogens is 2. The van der Waals surface area contributed by atoms with Gasteiger partial charge < -0.3 is 10.5 Å². The first-order valence-corrected chi connectivity index (χ1v) is 8.06. The molecule has 1 aromatic carbocycles. The van der Waals surface area contributed by atoms with Crippen molar-refractivity contribution in [3.8, 4) is 5.75 Å². The number of hydrogen-bond donors (Lipinski definition) is 1. The van der Waals surface area contributed by atoms with Gasteiger partial charge in [0.15, 0.2) is 0 Å². The molecular formula is C16H22BrN3O. The molecule has 2 rings (SSSR count). The van der Waals surface area contributed by atoms with Crippen LogP contribution in [-0.2, 0) is 13.0 Å². The molecule has 4 nitrogen and oxygen atoms in total. The molecule has 0 aliphatic heterocycles. The second kappa shape index (κ2) is 7.61. The summed E-state index contributed by atoms with van der Waals surface area (Å²) in [7, 11) is 0. The van der Waals surface area contributed by atoms with Gasteiger partial charge in [-0.25, -0.2) is 0 Å². The molecule has 0 bridgehead atoms. The lowest BCUT2D eigenvalue weighted by molar-refractivity contribution is 0.296. The topological polar surface area (TPSA) is 53.1 Å². The number of aryl methyl sites for hydroxylation is 2. The highest BCUT2D eigenvalue weighted by Gasteiger charge is 2.15. The van der Waals surface area contributed by atoms with Crippen LogP contribution in [0.2, 0.25) is 0 Å². The number of nitrogens with two attached hydrogens (primary N) is 1. The quantitative estimate of drug-likeness (QED) is 0.832. The highest BCUT2D eigenvalue weighted by molar-refractivity contribution is 9.10. The van der Waals surface area contributed by atoms with Gasteiger partial charge in [0.25, 0.3) is 0 Å². The third-order valence-electron chi connectivity index (χ3n) is 3.41. The van der Waals surface area contributed by atoms with Gasteiger partial charge in [-0.3, -0.25) is 4.68 Å². The van der Waals surface area contributed by atoms with Crippen molar-refractivity contribution in [2.45, 2.75) is 39.3 Å². The van der Waals surface area contributed by atoms with Crippen LogP contribution in [-0.4, -0.2) is 22.4 Å². The summed E-state index contributed by atoms with van der Waals surface area (Å²) in [6.45, 7) is 5.58. The number of rotatable bonds is 7. The molecule has 0 fully saturated rings. The molecule has 2 N–H and O–H groups in total. The van der Waals surface area contributed by atoms with Crippen LogP contribution in [0.15, 0.2) is 34.8 Å². The van der Waals surface area contributed by atoms with Crippen LogP contribution in [0.5, 0.6) is 5.75 Å². The SMILES string of the molecule is CCn1nc(C)c(Br)c1CC(N)CCOc1ccccc1. The minimum Gasteiger partial charge on any atom is -0.494 e. The van der Waals surface area contributed by atoms with E-state index in [4.69, 9.17) is 10.5 Å². The fraction of sp³-hybridized carbons (Fsp3) is 0.438. The second-order valence-corrected chi connectivity index (χ2v) is 5.87. The van der Waals surface area contributed by atoms with Crippen molar-refractivity contribution >= 4 is 15.9 Å². The summed E-state index contributed by atoms with van der Waals surface area (Å²) in [5.41, 5.74) is 8.41. The molecule has 2 aromatic rings. The predicted molar refractivity (Wildman–Crippen MR) is 88.6 cm³/mol. The summed E-state index contributed by atoms with van der Waals surface area (Å²) < 4.78 is 8.78. The third kappa shape index (κ3) is 4.32. The molecule has 0 saturated heterocycles. The van der Waals surface area contributed by atoms with Crippen molar-refractivity contribution < 1.29 is 4.74 Å². The standard InChI is InChI=1S/C16H22BrN3O/c1-3-20-15(16(17)12(2)19-20)11-13(18)9-10-21-14-7-5-4-6-8-14/h4-8,13H,3,9-11,18H2,1-2H3.